The van der Waals surface area contributed by atoms with Gasteiger partial charge in [-0.15, -0.1) is 0 Å². The fourth-order valence-corrected chi connectivity index (χ4v) is 2.62. The van der Waals surface area contributed by atoms with E-state index in [0.29, 0.717) is 0 Å². The van der Waals surface area contributed by atoms with Gasteiger partial charge in [-0.1, -0.05) is 41.0 Å². The molecule has 1 rings (SSSR count). The molecule has 0 bridgehead atoms. The number of carbonyl (C=O) groups is 2. The predicted octanol–water partition coefficient (Wildman–Crippen LogP) is 3.36. The smallest absolute Gasteiger partial charge is 0.309 e. The Morgan fingerprint density at radius 1 is 1.22 bits per heavy atom. The molecule has 0 N–H and O–H groups in total. The highest BCUT2D eigenvalue weighted by Gasteiger charge is 2.50. The number of Topliss-reactive ketones (excluding diaryl/α,β-unsaturated/α-hetero) is 1. The Morgan fingerprint density at radius 3 is 2.28 bits per heavy atom. The molecule has 0 aromatic heterocycles. The van der Waals surface area contributed by atoms with E-state index in [2.05, 4.69) is 13.8 Å². The molecule has 0 aliphatic heterocycles. The molecule has 18 heavy (non-hydrogen) atoms. The van der Waals surface area contributed by atoms with Gasteiger partial charge in [-0.25, -0.2) is 0 Å². The van der Waals surface area contributed by atoms with E-state index in [1.54, 1.807) is 0 Å². The molecule has 0 aromatic carbocycles. The second-order valence-electron chi connectivity index (χ2n) is 6.41. The molecule has 0 heterocycles. The maximum Gasteiger partial charge on any atom is 0.309 e. The summed E-state index contributed by atoms with van der Waals surface area (Å²) >= 11 is 0. The SMILES string of the molecule is CCC(C)C(=O)OCC(=O)C1(C)CCCC1(C)C. The number of hydrogen-bond acceptors (Lipinski definition) is 3. The van der Waals surface area contributed by atoms with Gasteiger partial charge in [0.15, 0.2) is 12.4 Å². The largest absolute Gasteiger partial charge is 0.457 e. The fraction of sp³-hybridized carbons (Fsp3) is 0.867. The Morgan fingerprint density at radius 2 is 1.83 bits per heavy atom. The van der Waals surface area contributed by atoms with Crippen LogP contribution in [0.2, 0.25) is 0 Å². The lowest BCUT2D eigenvalue weighted by atomic mass is 9.67. The van der Waals surface area contributed by atoms with Crippen LogP contribution in [-0.4, -0.2) is 18.4 Å². The minimum Gasteiger partial charge on any atom is -0.457 e. The van der Waals surface area contributed by atoms with E-state index in [1.165, 1.54) is 0 Å². The van der Waals surface area contributed by atoms with Gasteiger partial charge in [0, 0.05) is 5.41 Å². The lowest BCUT2D eigenvalue weighted by molar-refractivity contribution is -0.155. The summed E-state index contributed by atoms with van der Waals surface area (Å²) < 4.78 is 5.14. The van der Waals surface area contributed by atoms with Crippen LogP contribution in [0.1, 0.15) is 60.3 Å². The normalized spacial score (nSPS) is 27.8. The Bertz CT molecular complexity index is 333. The minimum atomic E-state index is -0.345. The van der Waals surface area contributed by atoms with Gasteiger partial charge in [-0.2, -0.15) is 0 Å². The quantitative estimate of drug-likeness (QED) is 0.706. The highest BCUT2D eigenvalue weighted by Crippen LogP contribution is 2.52. The molecule has 1 saturated carbocycles. The van der Waals surface area contributed by atoms with Gasteiger partial charge in [-0.3, -0.25) is 9.59 Å². The van der Waals surface area contributed by atoms with Crippen LogP contribution in [0.3, 0.4) is 0 Å². The molecule has 2 atom stereocenters. The Hall–Kier alpha value is -0.860. The van der Waals surface area contributed by atoms with E-state index in [4.69, 9.17) is 4.74 Å². The van der Waals surface area contributed by atoms with E-state index in [-0.39, 0.29) is 35.1 Å². The predicted molar refractivity (Wildman–Crippen MR) is 71.2 cm³/mol. The van der Waals surface area contributed by atoms with E-state index in [9.17, 15) is 9.59 Å². The maximum absolute atomic E-state index is 12.3. The summed E-state index contributed by atoms with van der Waals surface area (Å²) in [5, 5.41) is 0. The molecule has 0 aromatic rings. The molecule has 2 unspecified atom stereocenters. The minimum absolute atomic E-state index is 0.00681. The molecule has 1 aliphatic carbocycles. The first-order valence-corrected chi connectivity index (χ1v) is 6.94. The number of carbonyl (C=O) groups excluding carboxylic acids is 2. The van der Waals surface area contributed by atoms with Gasteiger partial charge in [0.2, 0.25) is 0 Å². The molecule has 1 fully saturated rings. The van der Waals surface area contributed by atoms with Crippen LogP contribution in [-0.2, 0) is 14.3 Å². The lowest BCUT2D eigenvalue weighted by Crippen LogP contribution is -2.40. The van der Waals surface area contributed by atoms with Crippen LogP contribution in [0.25, 0.3) is 0 Å². The zero-order valence-electron chi connectivity index (χ0n) is 12.3. The summed E-state index contributed by atoms with van der Waals surface area (Å²) in [6, 6.07) is 0. The fourth-order valence-electron chi connectivity index (χ4n) is 2.62. The van der Waals surface area contributed by atoms with Crippen LogP contribution in [0, 0.1) is 16.7 Å². The number of ketones is 1. The second-order valence-corrected chi connectivity index (χ2v) is 6.41. The molecule has 104 valence electrons. The summed E-state index contributed by atoms with van der Waals surface area (Å²) in [5.74, 6) is -0.311. The third-order valence-electron chi connectivity index (χ3n) is 4.95. The maximum atomic E-state index is 12.3. The van der Waals surface area contributed by atoms with E-state index < -0.39 is 0 Å². The van der Waals surface area contributed by atoms with Gasteiger partial charge >= 0.3 is 5.97 Å². The average molecular weight is 254 g/mol. The number of ether oxygens (including phenoxy) is 1. The monoisotopic (exact) mass is 254 g/mol. The second kappa shape index (κ2) is 5.41. The van der Waals surface area contributed by atoms with Crippen molar-refractivity contribution in [1.29, 1.82) is 0 Å². The summed E-state index contributed by atoms with van der Waals surface area (Å²) in [7, 11) is 0. The third kappa shape index (κ3) is 2.76. The first-order chi connectivity index (χ1) is 8.24. The van der Waals surface area contributed by atoms with E-state index >= 15 is 0 Å². The van der Waals surface area contributed by atoms with Gasteiger partial charge < -0.3 is 4.74 Å². The topological polar surface area (TPSA) is 43.4 Å². The van der Waals surface area contributed by atoms with Crippen molar-refractivity contribution < 1.29 is 14.3 Å². The average Bonchev–Trinajstić information content (AvgIpc) is 2.60. The first kappa shape index (κ1) is 15.2. The highest BCUT2D eigenvalue weighted by atomic mass is 16.5. The highest BCUT2D eigenvalue weighted by molar-refractivity contribution is 5.88. The van der Waals surface area contributed by atoms with Crippen molar-refractivity contribution in [2.45, 2.75) is 60.3 Å². The third-order valence-corrected chi connectivity index (χ3v) is 4.95. The van der Waals surface area contributed by atoms with Crippen LogP contribution < -0.4 is 0 Å². The Labute approximate surface area is 110 Å². The van der Waals surface area contributed by atoms with Gasteiger partial charge in [-0.05, 0) is 24.7 Å². The van der Waals surface area contributed by atoms with Crippen molar-refractivity contribution in [3.8, 4) is 0 Å². The molecule has 3 heteroatoms. The van der Waals surface area contributed by atoms with Crippen LogP contribution in [0.5, 0.6) is 0 Å². The zero-order valence-corrected chi connectivity index (χ0v) is 12.3. The zero-order chi connectivity index (χ0) is 14.0. The molecule has 1 aliphatic rings. The van der Waals surface area contributed by atoms with Gasteiger partial charge in [0.25, 0.3) is 0 Å². The molecular formula is C15H26O3. The molecule has 0 saturated heterocycles. The van der Waals surface area contributed by atoms with Crippen molar-refractivity contribution in [1.82, 2.24) is 0 Å². The summed E-state index contributed by atoms with van der Waals surface area (Å²) in [5.41, 5.74) is -0.338. The van der Waals surface area contributed by atoms with Crippen molar-refractivity contribution in [2.75, 3.05) is 6.61 Å². The van der Waals surface area contributed by atoms with Gasteiger partial charge in [0.05, 0.1) is 5.92 Å². The molecule has 3 nitrogen and oxygen atoms in total. The summed E-state index contributed by atoms with van der Waals surface area (Å²) in [6.45, 7) is 9.98. The number of esters is 1. The van der Waals surface area contributed by atoms with Crippen molar-refractivity contribution in [2.24, 2.45) is 16.7 Å². The van der Waals surface area contributed by atoms with Crippen LogP contribution in [0.4, 0.5) is 0 Å². The molecular weight excluding hydrogens is 228 g/mol. The number of hydrogen-bond donors (Lipinski definition) is 0. The van der Waals surface area contributed by atoms with Gasteiger partial charge in [0.1, 0.15) is 0 Å². The number of rotatable bonds is 5. The van der Waals surface area contributed by atoms with Crippen molar-refractivity contribution >= 4 is 11.8 Å². The Balaban J connectivity index is 2.59. The standard InChI is InChI=1S/C15H26O3/c1-6-11(2)13(17)18-10-12(16)15(5)9-7-8-14(15,3)4/h11H,6-10H2,1-5H3. The molecule has 0 radical (unpaired) electrons. The molecule has 0 spiro atoms. The van der Waals surface area contributed by atoms with E-state index in [0.717, 1.165) is 25.7 Å². The summed E-state index contributed by atoms with van der Waals surface area (Å²) in [6.07, 6.45) is 3.79. The van der Waals surface area contributed by atoms with Crippen LogP contribution >= 0.6 is 0 Å². The first-order valence-electron chi connectivity index (χ1n) is 6.94. The molecule has 0 amide bonds. The van der Waals surface area contributed by atoms with E-state index in [1.807, 2.05) is 20.8 Å². The van der Waals surface area contributed by atoms with Crippen LogP contribution in [0.15, 0.2) is 0 Å². The summed E-state index contributed by atoms with van der Waals surface area (Å²) in [4.78, 5) is 23.9. The lowest BCUT2D eigenvalue weighted by Gasteiger charge is -2.36. The Kier molecular flexibility index (Phi) is 4.57. The van der Waals surface area contributed by atoms with Crippen molar-refractivity contribution in [3.63, 3.8) is 0 Å². The van der Waals surface area contributed by atoms with Crippen molar-refractivity contribution in [3.05, 3.63) is 0 Å².